The first-order chi connectivity index (χ1) is 11.3. The van der Waals surface area contributed by atoms with Gasteiger partial charge in [0.25, 0.3) is 0 Å². The Morgan fingerprint density at radius 1 is 0.870 bits per heavy atom. The van der Waals surface area contributed by atoms with Gasteiger partial charge in [0.15, 0.2) is 5.82 Å². The molecule has 0 radical (unpaired) electrons. The Bertz CT molecular complexity index is 981. The summed E-state index contributed by atoms with van der Waals surface area (Å²) in [5.41, 5.74) is 3.39. The number of nitrogens with zero attached hydrogens (tertiary/aromatic N) is 4. The smallest absolute Gasteiger partial charge is 0.163 e. The Kier molecular flexibility index (Phi) is 3.44. The lowest BCUT2D eigenvalue weighted by Crippen LogP contribution is -1.95. The molecule has 110 valence electrons. The zero-order valence-corrected chi connectivity index (χ0v) is 12.8. The molecule has 23 heavy (non-hydrogen) atoms. The second-order valence-corrected chi connectivity index (χ2v) is 5.41. The Morgan fingerprint density at radius 3 is 2.61 bits per heavy atom. The molecule has 0 bridgehead atoms. The second-order valence-electron chi connectivity index (χ2n) is 5.02. The van der Waals surface area contributed by atoms with Crippen LogP contribution in [0.3, 0.4) is 0 Å². The zero-order valence-electron chi connectivity index (χ0n) is 12.0. The van der Waals surface area contributed by atoms with Gasteiger partial charge in [0, 0.05) is 35.0 Å². The number of halogens is 1. The minimum atomic E-state index is 0.398. The van der Waals surface area contributed by atoms with Gasteiger partial charge in [-0.2, -0.15) is 0 Å². The average molecular weight is 319 g/mol. The summed E-state index contributed by atoms with van der Waals surface area (Å²) in [4.78, 5) is 17.6. The van der Waals surface area contributed by atoms with Gasteiger partial charge in [-0.1, -0.05) is 48.0 Å². The minimum Gasteiger partial charge on any atom is -0.262 e. The molecule has 0 unspecified atom stereocenters. The fraction of sp³-hybridized carbons (Fsp3) is 0. The van der Waals surface area contributed by atoms with Crippen LogP contribution < -0.4 is 0 Å². The zero-order chi connectivity index (χ0) is 15.6. The van der Waals surface area contributed by atoms with E-state index in [2.05, 4.69) is 19.9 Å². The molecule has 0 spiro atoms. The van der Waals surface area contributed by atoms with Crippen molar-refractivity contribution in [3.8, 4) is 22.6 Å². The summed E-state index contributed by atoms with van der Waals surface area (Å²) >= 11 is 6.21. The van der Waals surface area contributed by atoms with Gasteiger partial charge in [0.05, 0.1) is 17.4 Å². The highest BCUT2D eigenvalue weighted by Gasteiger charge is 2.11. The van der Waals surface area contributed by atoms with E-state index in [-0.39, 0.29) is 0 Å². The summed E-state index contributed by atoms with van der Waals surface area (Å²) in [6.07, 6.45) is 5.20. The molecular weight excluding hydrogens is 308 g/mol. The van der Waals surface area contributed by atoms with Crippen LogP contribution in [-0.4, -0.2) is 19.9 Å². The van der Waals surface area contributed by atoms with Crippen molar-refractivity contribution in [2.75, 3.05) is 0 Å². The Labute approximate surface area is 137 Å². The molecule has 3 aromatic heterocycles. The predicted octanol–water partition coefficient (Wildman–Crippen LogP) is 4.41. The first-order valence-corrected chi connectivity index (χ1v) is 7.48. The molecule has 0 aliphatic heterocycles. The number of hydrogen-bond acceptors (Lipinski definition) is 4. The highest BCUT2D eigenvalue weighted by Crippen LogP contribution is 2.27. The van der Waals surface area contributed by atoms with Crippen LogP contribution in [0.25, 0.3) is 33.5 Å². The van der Waals surface area contributed by atoms with Crippen LogP contribution >= 0.6 is 11.6 Å². The van der Waals surface area contributed by atoms with Crippen molar-refractivity contribution in [2.45, 2.75) is 0 Å². The molecule has 0 atom stereocenters. The molecule has 0 aliphatic rings. The summed E-state index contributed by atoms with van der Waals surface area (Å²) in [6, 6.07) is 15.5. The van der Waals surface area contributed by atoms with E-state index in [0.29, 0.717) is 11.0 Å². The van der Waals surface area contributed by atoms with E-state index < -0.39 is 0 Å². The monoisotopic (exact) mass is 318 g/mol. The average Bonchev–Trinajstić information content (AvgIpc) is 2.61. The third-order valence-corrected chi connectivity index (χ3v) is 3.73. The largest absolute Gasteiger partial charge is 0.262 e. The number of hydrogen-bond donors (Lipinski definition) is 0. The van der Waals surface area contributed by atoms with Gasteiger partial charge in [-0.25, -0.2) is 9.97 Å². The Hall–Kier alpha value is -2.85. The molecule has 4 nitrogen and oxygen atoms in total. The second kappa shape index (κ2) is 5.74. The van der Waals surface area contributed by atoms with Crippen LogP contribution in [0.1, 0.15) is 0 Å². The summed E-state index contributed by atoms with van der Waals surface area (Å²) in [5.74, 6) is 0.544. The molecule has 3 heterocycles. The Morgan fingerprint density at radius 2 is 1.74 bits per heavy atom. The van der Waals surface area contributed by atoms with Crippen LogP contribution in [0.5, 0.6) is 0 Å². The van der Waals surface area contributed by atoms with E-state index in [1.54, 1.807) is 24.7 Å². The molecule has 0 saturated carbocycles. The molecule has 5 heteroatoms. The van der Waals surface area contributed by atoms with Crippen molar-refractivity contribution in [1.82, 2.24) is 19.9 Å². The van der Waals surface area contributed by atoms with Crippen LogP contribution in [0.4, 0.5) is 0 Å². The number of aromatic nitrogens is 4. The van der Waals surface area contributed by atoms with Crippen molar-refractivity contribution < 1.29 is 0 Å². The maximum absolute atomic E-state index is 6.21. The van der Waals surface area contributed by atoms with Gasteiger partial charge in [0.2, 0.25) is 0 Å². The predicted molar refractivity (Wildman–Crippen MR) is 91.0 cm³/mol. The Balaban J connectivity index is 1.94. The van der Waals surface area contributed by atoms with Crippen LogP contribution in [0.15, 0.2) is 67.1 Å². The quantitative estimate of drug-likeness (QED) is 0.514. The van der Waals surface area contributed by atoms with Crippen molar-refractivity contribution >= 4 is 22.5 Å². The standard InChI is InChI=1S/C18H11ClN4/c19-17-9-15(12-5-2-1-3-6-12)22-18(23-17)14-10-20-11-16-13(14)7-4-8-21-16/h1-11H. The van der Waals surface area contributed by atoms with Gasteiger partial charge in [-0.05, 0) is 6.07 Å². The fourth-order valence-corrected chi connectivity index (χ4v) is 2.66. The minimum absolute atomic E-state index is 0.398. The van der Waals surface area contributed by atoms with Crippen molar-refractivity contribution in [3.05, 3.63) is 72.3 Å². The third-order valence-electron chi connectivity index (χ3n) is 3.53. The van der Waals surface area contributed by atoms with Crippen molar-refractivity contribution in [2.24, 2.45) is 0 Å². The summed E-state index contributed by atoms with van der Waals surface area (Å²) < 4.78 is 0. The van der Waals surface area contributed by atoms with Crippen molar-refractivity contribution in [1.29, 1.82) is 0 Å². The fourth-order valence-electron chi connectivity index (χ4n) is 2.47. The third kappa shape index (κ3) is 2.64. The lowest BCUT2D eigenvalue weighted by Gasteiger charge is -2.07. The molecule has 0 saturated heterocycles. The SMILES string of the molecule is Clc1cc(-c2ccccc2)nc(-c2cncc3ncccc23)n1. The molecular formula is C18H11ClN4. The van der Waals surface area contributed by atoms with Gasteiger partial charge in [-0.15, -0.1) is 0 Å². The molecule has 4 aromatic rings. The summed E-state index contributed by atoms with van der Waals surface area (Å²) in [6.45, 7) is 0. The molecule has 4 rings (SSSR count). The van der Waals surface area contributed by atoms with Gasteiger partial charge < -0.3 is 0 Å². The van der Waals surface area contributed by atoms with Gasteiger partial charge in [0.1, 0.15) is 5.15 Å². The molecule has 0 aliphatic carbocycles. The van der Waals surface area contributed by atoms with Gasteiger partial charge in [-0.3, -0.25) is 9.97 Å². The molecule has 0 amide bonds. The van der Waals surface area contributed by atoms with Crippen molar-refractivity contribution in [3.63, 3.8) is 0 Å². The van der Waals surface area contributed by atoms with Crippen LogP contribution in [-0.2, 0) is 0 Å². The normalized spacial score (nSPS) is 10.8. The maximum atomic E-state index is 6.21. The lowest BCUT2D eigenvalue weighted by atomic mass is 10.1. The van der Waals surface area contributed by atoms with E-state index in [1.165, 1.54) is 0 Å². The summed E-state index contributed by atoms with van der Waals surface area (Å²) in [5, 5.41) is 1.35. The van der Waals surface area contributed by atoms with Gasteiger partial charge >= 0.3 is 0 Å². The van der Waals surface area contributed by atoms with E-state index >= 15 is 0 Å². The first-order valence-electron chi connectivity index (χ1n) is 7.10. The maximum Gasteiger partial charge on any atom is 0.163 e. The van der Waals surface area contributed by atoms with E-state index in [1.807, 2.05) is 42.5 Å². The summed E-state index contributed by atoms with van der Waals surface area (Å²) in [7, 11) is 0. The van der Waals surface area contributed by atoms with Crippen LogP contribution in [0, 0.1) is 0 Å². The number of rotatable bonds is 2. The van der Waals surface area contributed by atoms with Crippen LogP contribution in [0.2, 0.25) is 5.15 Å². The number of fused-ring (bicyclic) bond motifs is 1. The highest BCUT2D eigenvalue weighted by atomic mass is 35.5. The van der Waals surface area contributed by atoms with E-state index in [9.17, 15) is 0 Å². The molecule has 0 fully saturated rings. The molecule has 0 N–H and O–H groups in total. The highest BCUT2D eigenvalue weighted by molar-refractivity contribution is 6.29. The van der Waals surface area contributed by atoms with E-state index in [4.69, 9.17) is 11.6 Å². The number of pyridine rings is 2. The molecule has 1 aromatic carbocycles. The number of benzene rings is 1. The van der Waals surface area contributed by atoms with E-state index in [0.717, 1.165) is 27.7 Å². The topological polar surface area (TPSA) is 51.6 Å². The lowest BCUT2D eigenvalue weighted by molar-refractivity contribution is 1.17. The first kappa shape index (κ1) is 13.8.